The van der Waals surface area contributed by atoms with Gasteiger partial charge in [-0.15, -0.1) is 0 Å². The molecular weight excluding hydrogens is 226 g/mol. The monoisotopic (exact) mass is 243 g/mol. The van der Waals surface area contributed by atoms with E-state index in [1.807, 2.05) is 32.2 Å². The van der Waals surface area contributed by atoms with Gasteiger partial charge in [0.1, 0.15) is 5.75 Å². The number of aromatic hydroxyl groups is 1. The molecule has 0 amide bonds. The predicted octanol–water partition coefficient (Wildman–Crippen LogP) is 2.12. The summed E-state index contributed by atoms with van der Waals surface area (Å²) < 4.78 is 0. The first-order chi connectivity index (χ1) is 8.65. The number of hydrogen-bond acceptors (Lipinski definition) is 4. The first-order valence-corrected chi connectivity index (χ1v) is 5.89. The van der Waals surface area contributed by atoms with Gasteiger partial charge < -0.3 is 5.11 Å². The van der Waals surface area contributed by atoms with E-state index in [-0.39, 0.29) is 5.75 Å². The standard InChI is InChI=1S/C14H17N3O/c1-11-6-7-14(18)13(16-11)10-17(2)9-12-5-3-4-8-15-12/h3-8,18H,9-10H2,1-2H3. The van der Waals surface area contributed by atoms with Crippen LogP contribution in [0, 0.1) is 6.92 Å². The molecule has 94 valence electrons. The average Bonchev–Trinajstić information content (AvgIpc) is 2.35. The Hall–Kier alpha value is -1.94. The Kier molecular flexibility index (Phi) is 3.89. The number of nitrogens with zero attached hydrogens (tertiary/aromatic N) is 3. The Balaban J connectivity index is 2.03. The normalized spacial score (nSPS) is 10.8. The van der Waals surface area contributed by atoms with Gasteiger partial charge in [0, 0.05) is 25.0 Å². The first-order valence-electron chi connectivity index (χ1n) is 5.89. The van der Waals surface area contributed by atoms with Crippen molar-refractivity contribution in [1.82, 2.24) is 14.9 Å². The van der Waals surface area contributed by atoms with Gasteiger partial charge in [-0.1, -0.05) is 6.07 Å². The van der Waals surface area contributed by atoms with E-state index < -0.39 is 0 Å². The highest BCUT2D eigenvalue weighted by molar-refractivity contribution is 5.27. The van der Waals surface area contributed by atoms with Crippen molar-refractivity contribution in [2.45, 2.75) is 20.0 Å². The molecule has 0 aromatic carbocycles. The van der Waals surface area contributed by atoms with Gasteiger partial charge in [-0.25, -0.2) is 0 Å². The van der Waals surface area contributed by atoms with Gasteiger partial charge in [-0.3, -0.25) is 14.9 Å². The number of hydrogen-bond donors (Lipinski definition) is 1. The Morgan fingerprint density at radius 3 is 2.72 bits per heavy atom. The number of aryl methyl sites for hydroxylation is 1. The molecule has 0 saturated heterocycles. The highest BCUT2D eigenvalue weighted by Gasteiger charge is 2.07. The Labute approximate surface area is 107 Å². The van der Waals surface area contributed by atoms with Crippen molar-refractivity contribution in [3.63, 3.8) is 0 Å². The zero-order valence-corrected chi connectivity index (χ0v) is 10.7. The van der Waals surface area contributed by atoms with Gasteiger partial charge in [0.05, 0.1) is 11.4 Å². The van der Waals surface area contributed by atoms with Gasteiger partial charge in [-0.2, -0.15) is 0 Å². The minimum atomic E-state index is 0.244. The number of aromatic nitrogens is 2. The summed E-state index contributed by atoms with van der Waals surface area (Å²) in [4.78, 5) is 10.7. The lowest BCUT2D eigenvalue weighted by Gasteiger charge is -2.16. The van der Waals surface area contributed by atoms with Crippen LogP contribution in [0.2, 0.25) is 0 Å². The van der Waals surface area contributed by atoms with Crippen LogP contribution in [0.25, 0.3) is 0 Å². The van der Waals surface area contributed by atoms with E-state index in [9.17, 15) is 5.11 Å². The predicted molar refractivity (Wildman–Crippen MR) is 70.0 cm³/mol. The molecule has 4 heteroatoms. The lowest BCUT2D eigenvalue weighted by atomic mass is 10.2. The Bertz CT molecular complexity index is 514. The third kappa shape index (κ3) is 3.28. The quantitative estimate of drug-likeness (QED) is 0.893. The molecule has 2 rings (SSSR count). The van der Waals surface area contributed by atoms with E-state index in [2.05, 4.69) is 14.9 Å². The second kappa shape index (κ2) is 5.60. The number of pyridine rings is 2. The minimum Gasteiger partial charge on any atom is -0.506 e. The second-order valence-electron chi connectivity index (χ2n) is 4.41. The zero-order valence-electron chi connectivity index (χ0n) is 10.7. The van der Waals surface area contributed by atoms with Crippen LogP contribution >= 0.6 is 0 Å². The van der Waals surface area contributed by atoms with E-state index in [4.69, 9.17) is 0 Å². The van der Waals surface area contributed by atoms with Gasteiger partial charge in [-0.05, 0) is 38.2 Å². The molecule has 2 heterocycles. The smallest absolute Gasteiger partial charge is 0.138 e. The maximum absolute atomic E-state index is 9.75. The highest BCUT2D eigenvalue weighted by Crippen LogP contribution is 2.16. The van der Waals surface area contributed by atoms with Crippen molar-refractivity contribution in [3.8, 4) is 5.75 Å². The maximum atomic E-state index is 9.75. The molecule has 0 aliphatic carbocycles. The van der Waals surface area contributed by atoms with Crippen molar-refractivity contribution < 1.29 is 5.11 Å². The molecule has 0 fully saturated rings. The highest BCUT2D eigenvalue weighted by atomic mass is 16.3. The summed E-state index contributed by atoms with van der Waals surface area (Å²) in [5.74, 6) is 0.244. The van der Waals surface area contributed by atoms with Crippen LogP contribution in [0.4, 0.5) is 0 Å². The lowest BCUT2D eigenvalue weighted by Crippen LogP contribution is -2.18. The topological polar surface area (TPSA) is 49.2 Å². The Morgan fingerprint density at radius 2 is 2.00 bits per heavy atom. The third-order valence-corrected chi connectivity index (χ3v) is 2.67. The fourth-order valence-electron chi connectivity index (χ4n) is 1.80. The summed E-state index contributed by atoms with van der Waals surface area (Å²) in [5, 5.41) is 9.75. The molecule has 0 saturated carbocycles. The minimum absolute atomic E-state index is 0.244. The van der Waals surface area contributed by atoms with E-state index in [0.717, 1.165) is 17.9 Å². The molecule has 18 heavy (non-hydrogen) atoms. The van der Waals surface area contributed by atoms with Crippen molar-refractivity contribution in [2.75, 3.05) is 7.05 Å². The molecule has 0 spiro atoms. The summed E-state index contributed by atoms with van der Waals surface area (Å²) in [5.41, 5.74) is 2.62. The molecule has 4 nitrogen and oxygen atoms in total. The van der Waals surface area contributed by atoms with Crippen LogP contribution in [0.1, 0.15) is 17.1 Å². The molecular formula is C14H17N3O. The largest absolute Gasteiger partial charge is 0.506 e. The van der Waals surface area contributed by atoms with Gasteiger partial charge in [0.25, 0.3) is 0 Å². The summed E-state index contributed by atoms with van der Waals surface area (Å²) in [6, 6.07) is 9.35. The summed E-state index contributed by atoms with van der Waals surface area (Å²) >= 11 is 0. The van der Waals surface area contributed by atoms with Gasteiger partial charge in [0.15, 0.2) is 0 Å². The van der Waals surface area contributed by atoms with Crippen LogP contribution in [0.15, 0.2) is 36.5 Å². The van der Waals surface area contributed by atoms with Gasteiger partial charge in [0.2, 0.25) is 0 Å². The van der Waals surface area contributed by atoms with Crippen LogP contribution in [-0.2, 0) is 13.1 Å². The van der Waals surface area contributed by atoms with Crippen molar-refractivity contribution in [3.05, 3.63) is 53.6 Å². The zero-order chi connectivity index (χ0) is 13.0. The summed E-state index contributed by atoms with van der Waals surface area (Å²) in [6.45, 7) is 3.25. The molecule has 2 aromatic rings. The van der Waals surface area contributed by atoms with E-state index >= 15 is 0 Å². The second-order valence-corrected chi connectivity index (χ2v) is 4.41. The van der Waals surface area contributed by atoms with Crippen LogP contribution in [0.3, 0.4) is 0 Å². The molecule has 1 N–H and O–H groups in total. The summed E-state index contributed by atoms with van der Waals surface area (Å²) in [6.07, 6.45) is 1.78. The fourth-order valence-corrected chi connectivity index (χ4v) is 1.80. The van der Waals surface area contributed by atoms with Crippen LogP contribution < -0.4 is 0 Å². The number of rotatable bonds is 4. The third-order valence-electron chi connectivity index (χ3n) is 2.67. The first kappa shape index (κ1) is 12.5. The van der Waals surface area contributed by atoms with E-state index in [1.54, 1.807) is 18.3 Å². The average molecular weight is 243 g/mol. The van der Waals surface area contributed by atoms with Gasteiger partial charge >= 0.3 is 0 Å². The lowest BCUT2D eigenvalue weighted by molar-refractivity contribution is 0.304. The fraction of sp³-hybridized carbons (Fsp3) is 0.286. The van der Waals surface area contributed by atoms with E-state index in [1.165, 1.54) is 0 Å². The molecule has 0 radical (unpaired) electrons. The van der Waals surface area contributed by atoms with E-state index in [0.29, 0.717) is 12.2 Å². The Morgan fingerprint density at radius 1 is 1.17 bits per heavy atom. The van der Waals surface area contributed by atoms with Crippen molar-refractivity contribution >= 4 is 0 Å². The molecule has 0 atom stereocenters. The van der Waals surface area contributed by atoms with Crippen LogP contribution in [0.5, 0.6) is 5.75 Å². The molecule has 0 unspecified atom stereocenters. The molecule has 0 bridgehead atoms. The molecule has 0 aliphatic heterocycles. The summed E-state index contributed by atoms with van der Waals surface area (Å²) in [7, 11) is 1.98. The van der Waals surface area contributed by atoms with Crippen LogP contribution in [-0.4, -0.2) is 27.0 Å². The molecule has 0 aliphatic rings. The maximum Gasteiger partial charge on any atom is 0.138 e. The SMILES string of the molecule is Cc1ccc(O)c(CN(C)Cc2ccccn2)n1. The van der Waals surface area contributed by atoms with Crippen molar-refractivity contribution in [1.29, 1.82) is 0 Å². The van der Waals surface area contributed by atoms with Crippen molar-refractivity contribution in [2.24, 2.45) is 0 Å². The molecule has 2 aromatic heterocycles.